The summed E-state index contributed by atoms with van der Waals surface area (Å²) in [5, 5.41) is 13.9. The molecule has 0 radical (unpaired) electrons. The minimum atomic E-state index is -0.439. The lowest BCUT2D eigenvalue weighted by Gasteiger charge is -2.29. The van der Waals surface area contributed by atoms with Gasteiger partial charge in [0, 0.05) is 87.8 Å². The predicted molar refractivity (Wildman–Crippen MR) is 317 cm³/mol. The first-order chi connectivity index (χ1) is 38.3. The third-order valence-corrected chi connectivity index (χ3v) is 15.8. The predicted octanol–water partition coefficient (Wildman–Crippen LogP) is 6.91. The molecule has 3 fully saturated rings. The van der Waals surface area contributed by atoms with Gasteiger partial charge < -0.3 is 54.0 Å². The van der Waals surface area contributed by atoms with Crippen LogP contribution in [0.25, 0.3) is 0 Å². The number of rotatable bonds is 22. The molecule has 0 unspecified atom stereocenters. The second-order valence-electron chi connectivity index (χ2n) is 20.7. The van der Waals surface area contributed by atoms with Gasteiger partial charge in [0.25, 0.3) is 5.91 Å². The standard InChI is InChI=1S/C31H36Cl2N6O2.C30H42N6O2/c32-26-14-13-23(18-27(26)33)29(40)37-19-24-15-17-39(30(41)28(38-24)12-7-16-36-31(34)35)20-25(21-8-3-1-4-9-21)22-10-5-2-6-11-22;31-30(32)33-18-9-16-27-29(38)36(19-17-25(35-27)20-34-28(37)24-14-7-8-15-24)21-26(22-10-3-1-4-11-22)23-12-5-2-6-13-23/h1-6,8-11,13-14,18,24-25,28,38H,7,12,15-17,19-20H2,(H,37,40)(H4,34,35,36);1-6,10-13,24-27,35H,7-9,14-21H2,(H,34,37)(H4,31,32,33)/t24-,28-;25-,27-/m00/s1. The first-order valence-electron chi connectivity index (χ1n) is 27.7. The minimum absolute atomic E-state index is 0.0225. The third-order valence-electron chi connectivity index (χ3n) is 15.0. The molecular formula is C61H78Cl2N12O4. The number of nitrogens with two attached hydrogens (primary N) is 4. The summed E-state index contributed by atoms with van der Waals surface area (Å²) in [4.78, 5) is 65.4. The van der Waals surface area contributed by atoms with Crippen LogP contribution in [-0.4, -0.2) is 122 Å². The van der Waals surface area contributed by atoms with Crippen LogP contribution in [0.2, 0.25) is 10.0 Å². The Kier molecular flexibility index (Phi) is 23.4. The lowest BCUT2D eigenvalue weighted by molar-refractivity contribution is -0.133. The number of carbonyl (C=O) groups is 4. The van der Waals surface area contributed by atoms with Crippen LogP contribution in [0.1, 0.15) is 109 Å². The maximum Gasteiger partial charge on any atom is 0.251 e. The number of nitrogens with zero attached hydrogens (tertiary/aromatic N) is 4. The molecule has 2 heterocycles. The van der Waals surface area contributed by atoms with Gasteiger partial charge in [-0.2, -0.15) is 0 Å². The Bertz CT molecular complexity index is 2680. The van der Waals surface area contributed by atoms with Crippen molar-refractivity contribution in [1.82, 2.24) is 31.1 Å². The van der Waals surface area contributed by atoms with Crippen LogP contribution in [0.15, 0.2) is 150 Å². The summed E-state index contributed by atoms with van der Waals surface area (Å²) in [6, 6.07) is 45.1. The number of guanidine groups is 2. The Morgan fingerprint density at radius 2 is 0.962 bits per heavy atom. The molecule has 2 aliphatic heterocycles. The summed E-state index contributed by atoms with van der Waals surface area (Å²) < 4.78 is 0. The Morgan fingerprint density at radius 3 is 1.35 bits per heavy atom. The number of hydrogen-bond acceptors (Lipinski definition) is 8. The molecule has 5 aromatic rings. The normalized spacial score (nSPS) is 18.7. The van der Waals surface area contributed by atoms with Gasteiger partial charge in [-0.05, 0) is 91.8 Å². The molecule has 420 valence electrons. The molecule has 1 aliphatic carbocycles. The maximum atomic E-state index is 13.9. The highest BCUT2D eigenvalue weighted by Gasteiger charge is 2.35. The van der Waals surface area contributed by atoms with Crippen LogP contribution < -0.4 is 44.2 Å². The molecule has 79 heavy (non-hydrogen) atoms. The molecule has 2 saturated heterocycles. The van der Waals surface area contributed by atoms with Crippen molar-refractivity contribution in [2.75, 3.05) is 52.4 Å². The van der Waals surface area contributed by atoms with E-state index >= 15 is 0 Å². The van der Waals surface area contributed by atoms with Crippen LogP contribution >= 0.6 is 23.2 Å². The fourth-order valence-electron chi connectivity index (χ4n) is 10.8. The summed E-state index contributed by atoms with van der Waals surface area (Å²) in [6.07, 6.45) is 8.18. The van der Waals surface area contributed by atoms with Gasteiger partial charge in [-0.15, -0.1) is 0 Å². The molecule has 8 rings (SSSR count). The van der Waals surface area contributed by atoms with Crippen molar-refractivity contribution in [3.63, 3.8) is 0 Å². The lowest BCUT2D eigenvalue weighted by atomic mass is 9.90. The van der Waals surface area contributed by atoms with Gasteiger partial charge in [0.2, 0.25) is 17.7 Å². The van der Waals surface area contributed by atoms with E-state index in [4.69, 9.17) is 46.1 Å². The van der Waals surface area contributed by atoms with Gasteiger partial charge in [-0.25, -0.2) is 0 Å². The largest absolute Gasteiger partial charge is 0.370 e. The van der Waals surface area contributed by atoms with Gasteiger partial charge in [-0.3, -0.25) is 29.2 Å². The first-order valence-corrected chi connectivity index (χ1v) is 28.5. The summed E-state index contributed by atoms with van der Waals surface area (Å²) in [7, 11) is 0. The molecule has 0 spiro atoms. The van der Waals surface area contributed by atoms with Crippen molar-refractivity contribution >= 4 is 58.7 Å². The van der Waals surface area contributed by atoms with E-state index in [1.54, 1.807) is 18.2 Å². The zero-order chi connectivity index (χ0) is 55.9. The monoisotopic (exact) mass is 1110 g/mol. The van der Waals surface area contributed by atoms with E-state index in [0.29, 0.717) is 100 Å². The van der Waals surface area contributed by atoms with Crippen molar-refractivity contribution in [1.29, 1.82) is 0 Å². The van der Waals surface area contributed by atoms with E-state index in [2.05, 4.69) is 79.8 Å². The number of carbonyl (C=O) groups excluding carboxylic acids is 4. The topological polar surface area (TPSA) is 252 Å². The Balaban J connectivity index is 0.000000229. The van der Waals surface area contributed by atoms with Crippen LogP contribution in [0.3, 0.4) is 0 Å². The van der Waals surface area contributed by atoms with Crippen molar-refractivity contribution in [3.8, 4) is 0 Å². The number of nitrogens with one attached hydrogen (secondary N) is 4. The lowest BCUT2D eigenvalue weighted by Crippen LogP contribution is -2.49. The molecule has 18 heteroatoms. The molecule has 3 aliphatic rings. The van der Waals surface area contributed by atoms with E-state index in [1.807, 2.05) is 82.6 Å². The fourth-order valence-corrected chi connectivity index (χ4v) is 11.1. The van der Waals surface area contributed by atoms with Crippen LogP contribution in [-0.2, 0) is 14.4 Å². The Labute approximate surface area is 475 Å². The summed E-state index contributed by atoms with van der Waals surface area (Å²) in [5.41, 5.74) is 27.1. The molecule has 1 saturated carbocycles. The van der Waals surface area contributed by atoms with Crippen molar-refractivity contribution in [2.45, 2.75) is 100 Å². The van der Waals surface area contributed by atoms with E-state index in [-0.39, 0.29) is 71.4 Å². The summed E-state index contributed by atoms with van der Waals surface area (Å²) >= 11 is 12.1. The zero-order valence-corrected chi connectivity index (χ0v) is 46.5. The maximum absolute atomic E-state index is 13.9. The zero-order valence-electron chi connectivity index (χ0n) is 45.0. The average Bonchev–Trinajstić information content (AvgIpc) is 3.95. The molecule has 5 aromatic carbocycles. The van der Waals surface area contributed by atoms with Crippen molar-refractivity contribution in [2.24, 2.45) is 38.8 Å². The summed E-state index contributed by atoms with van der Waals surface area (Å²) in [5.74, 6) is 0.338. The SMILES string of the molecule is NC(N)=NCCC[C@@H]1N[C@H](CNC(=O)C2CCCC2)CCN(CC(c2ccccc2)c2ccccc2)C1=O.NC(N)=NCCC[C@@H]1N[C@H](CNC(=O)c2ccc(Cl)c(Cl)c2)CCN(CC(c2ccccc2)c2ccccc2)C1=O. The minimum Gasteiger partial charge on any atom is -0.370 e. The Morgan fingerprint density at radius 1 is 0.557 bits per heavy atom. The van der Waals surface area contributed by atoms with E-state index < -0.39 is 6.04 Å². The van der Waals surface area contributed by atoms with E-state index in [0.717, 1.165) is 43.2 Å². The smallest absolute Gasteiger partial charge is 0.251 e. The highest BCUT2D eigenvalue weighted by molar-refractivity contribution is 6.42. The van der Waals surface area contributed by atoms with Crippen molar-refractivity contribution in [3.05, 3.63) is 177 Å². The first kappa shape index (κ1) is 59.7. The highest BCUT2D eigenvalue weighted by atomic mass is 35.5. The van der Waals surface area contributed by atoms with Gasteiger partial charge in [0.05, 0.1) is 22.1 Å². The highest BCUT2D eigenvalue weighted by Crippen LogP contribution is 2.30. The number of aliphatic imine (C=N–C) groups is 2. The molecule has 4 amide bonds. The van der Waals surface area contributed by atoms with Gasteiger partial charge in [0.15, 0.2) is 11.9 Å². The number of amides is 4. The van der Waals surface area contributed by atoms with E-state index in [9.17, 15) is 19.2 Å². The van der Waals surface area contributed by atoms with Gasteiger partial charge in [0.1, 0.15) is 0 Å². The van der Waals surface area contributed by atoms with Gasteiger partial charge in [-0.1, -0.05) is 157 Å². The van der Waals surface area contributed by atoms with Gasteiger partial charge >= 0.3 is 0 Å². The summed E-state index contributed by atoms with van der Waals surface area (Å²) in [6.45, 7) is 4.13. The Hall–Kier alpha value is -6.98. The number of benzene rings is 5. The molecule has 4 atom stereocenters. The average molecular weight is 1110 g/mol. The molecule has 0 aromatic heterocycles. The van der Waals surface area contributed by atoms with Crippen LogP contribution in [0.5, 0.6) is 0 Å². The van der Waals surface area contributed by atoms with Crippen molar-refractivity contribution < 1.29 is 19.2 Å². The number of hydrogen-bond donors (Lipinski definition) is 8. The molecule has 12 N–H and O–H groups in total. The van der Waals surface area contributed by atoms with E-state index in [1.165, 1.54) is 11.1 Å². The second-order valence-corrected chi connectivity index (χ2v) is 21.5. The fraction of sp³-hybridized carbons (Fsp3) is 0.410. The molecule has 0 bridgehead atoms. The third kappa shape index (κ3) is 18.6. The molecular weight excluding hydrogens is 1040 g/mol. The van der Waals surface area contributed by atoms with Crippen LogP contribution in [0, 0.1) is 5.92 Å². The quantitative estimate of drug-likeness (QED) is 0.0202. The second kappa shape index (κ2) is 31.0. The molecule has 16 nitrogen and oxygen atoms in total. The van der Waals surface area contributed by atoms with Crippen LogP contribution in [0.4, 0.5) is 0 Å². The number of halogens is 2.